The average molecular weight is 509 g/mol. The van der Waals surface area contributed by atoms with Crippen molar-refractivity contribution in [1.29, 1.82) is 0 Å². The van der Waals surface area contributed by atoms with Crippen molar-refractivity contribution in [2.45, 2.75) is 78.0 Å². The minimum absolute atomic E-state index is 0.0182. The van der Waals surface area contributed by atoms with Crippen LogP contribution in [0.1, 0.15) is 62.5 Å². The predicted octanol–water partition coefficient (Wildman–Crippen LogP) is 3.76. The third kappa shape index (κ3) is 5.80. The molecule has 1 aromatic heterocycles. The molecule has 3 heterocycles. The van der Waals surface area contributed by atoms with Crippen LogP contribution in [-0.2, 0) is 21.6 Å². The third-order valence-electron chi connectivity index (χ3n) is 8.09. The summed E-state index contributed by atoms with van der Waals surface area (Å²) >= 11 is 0. The summed E-state index contributed by atoms with van der Waals surface area (Å²) in [7, 11) is 0. The molecule has 2 aromatic rings. The van der Waals surface area contributed by atoms with Crippen LogP contribution < -0.4 is 10.2 Å². The van der Waals surface area contributed by atoms with Gasteiger partial charge in [-0.2, -0.15) is 0 Å². The van der Waals surface area contributed by atoms with Crippen molar-refractivity contribution in [1.82, 2.24) is 20.3 Å². The molecule has 0 saturated carbocycles. The van der Waals surface area contributed by atoms with Crippen molar-refractivity contribution in [2.24, 2.45) is 5.92 Å². The van der Waals surface area contributed by atoms with Crippen molar-refractivity contribution in [3.8, 4) is 5.75 Å². The average Bonchev–Trinajstić information content (AvgIpc) is 3.18. The molecule has 2 unspecified atom stereocenters. The van der Waals surface area contributed by atoms with Gasteiger partial charge < -0.3 is 14.5 Å². The van der Waals surface area contributed by atoms with Crippen LogP contribution in [0.2, 0.25) is 0 Å². The Balaban J connectivity index is 1.45. The van der Waals surface area contributed by atoms with Crippen LogP contribution in [0.4, 0.5) is 0 Å². The Hall–Kier alpha value is -2.97. The van der Waals surface area contributed by atoms with E-state index in [0.29, 0.717) is 25.6 Å². The zero-order valence-electron chi connectivity index (χ0n) is 22.7. The maximum atomic E-state index is 13.8. The molecule has 0 bridgehead atoms. The number of rotatable bonds is 8. The summed E-state index contributed by atoms with van der Waals surface area (Å²) in [5, 5.41) is 9.50. The summed E-state index contributed by atoms with van der Waals surface area (Å²) in [6, 6.07) is 11.5. The van der Waals surface area contributed by atoms with E-state index in [2.05, 4.69) is 23.7 Å². The van der Waals surface area contributed by atoms with Crippen LogP contribution in [0.25, 0.3) is 0 Å². The van der Waals surface area contributed by atoms with E-state index in [4.69, 9.17) is 4.74 Å². The van der Waals surface area contributed by atoms with Gasteiger partial charge in [0.1, 0.15) is 18.4 Å². The molecule has 2 aliphatic heterocycles. The molecule has 2 N–H and O–H groups in total. The molecular weight excluding hydrogens is 468 g/mol. The number of aromatic nitrogens is 1. The first-order chi connectivity index (χ1) is 17.6. The van der Waals surface area contributed by atoms with Gasteiger partial charge in [-0.1, -0.05) is 12.1 Å². The number of pyridine rings is 1. The Kier molecular flexibility index (Phi) is 8.19. The fourth-order valence-electron chi connectivity index (χ4n) is 5.92. The molecule has 2 atom stereocenters. The van der Waals surface area contributed by atoms with E-state index in [1.165, 1.54) is 0 Å². The van der Waals surface area contributed by atoms with Gasteiger partial charge in [-0.3, -0.25) is 19.8 Å². The van der Waals surface area contributed by atoms with Crippen LogP contribution in [0.5, 0.6) is 5.75 Å². The second-order valence-electron chi connectivity index (χ2n) is 11.0. The molecule has 0 aliphatic carbocycles. The molecule has 2 fully saturated rings. The molecule has 4 rings (SSSR count). The molecule has 8 nitrogen and oxygen atoms in total. The monoisotopic (exact) mass is 508 g/mol. The first kappa shape index (κ1) is 27.1. The molecule has 1 aromatic carbocycles. The number of piperidine rings is 1. The van der Waals surface area contributed by atoms with Gasteiger partial charge in [0.05, 0.1) is 5.41 Å². The zero-order valence-corrected chi connectivity index (χ0v) is 22.7. The highest BCUT2D eigenvalue weighted by Gasteiger charge is 2.49. The minimum Gasteiger partial charge on any atom is -0.489 e. The Morgan fingerprint density at radius 1 is 1.14 bits per heavy atom. The molecule has 0 spiro atoms. The summed E-state index contributed by atoms with van der Waals surface area (Å²) in [4.78, 5) is 35.1. The number of nitrogens with zero attached hydrogens (tertiary/aromatic N) is 3. The number of likely N-dealkylation sites (tertiary alicyclic amines) is 2. The number of amides is 2. The lowest BCUT2D eigenvalue weighted by atomic mass is 9.80. The first-order valence-electron chi connectivity index (χ1n) is 13.3. The van der Waals surface area contributed by atoms with E-state index in [0.717, 1.165) is 54.2 Å². The van der Waals surface area contributed by atoms with Gasteiger partial charge in [-0.15, -0.1) is 0 Å². The number of hydrogen-bond acceptors (Lipinski definition) is 6. The van der Waals surface area contributed by atoms with Crippen molar-refractivity contribution in [2.75, 3.05) is 19.6 Å². The summed E-state index contributed by atoms with van der Waals surface area (Å²) in [6.45, 7) is 12.9. The Bertz CT molecular complexity index is 1090. The van der Waals surface area contributed by atoms with Gasteiger partial charge in [0.25, 0.3) is 5.91 Å². The molecule has 2 amide bonds. The lowest BCUT2D eigenvalue weighted by Crippen LogP contribution is -2.55. The van der Waals surface area contributed by atoms with Gasteiger partial charge >= 0.3 is 0 Å². The van der Waals surface area contributed by atoms with Crippen LogP contribution in [0.15, 0.2) is 36.4 Å². The molecule has 2 saturated heterocycles. The Morgan fingerprint density at radius 2 is 1.76 bits per heavy atom. The van der Waals surface area contributed by atoms with Gasteiger partial charge in [0.15, 0.2) is 0 Å². The quantitative estimate of drug-likeness (QED) is 0.417. The van der Waals surface area contributed by atoms with Crippen molar-refractivity contribution in [3.63, 3.8) is 0 Å². The third-order valence-corrected chi connectivity index (χ3v) is 8.09. The van der Waals surface area contributed by atoms with E-state index >= 15 is 0 Å². The first-order valence-corrected chi connectivity index (χ1v) is 13.3. The number of carbonyl (C=O) groups excluding carboxylic acids is 2. The van der Waals surface area contributed by atoms with Gasteiger partial charge in [0.2, 0.25) is 5.91 Å². The van der Waals surface area contributed by atoms with Crippen molar-refractivity contribution >= 4 is 11.8 Å². The number of carbonyl (C=O) groups is 2. The number of hydrogen-bond donors (Lipinski definition) is 2. The van der Waals surface area contributed by atoms with E-state index < -0.39 is 17.4 Å². The molecule has 200 valence electrons. The number of aryl methyl sites for hydroxylation is 2. The normalized spacial score (nSPS) is 21.9. The second-order valence-corrected chi connectivity index (χ2v) is 11.0. The van der Waals surface area contributed by atoms with Crippen LogP contribution >= 0.6 is 0 Å². The standard InChI is InChI=1S/C29H40N4O4/c1-19(2)32-13-10-23(11-14-32)26(27(34)31-36)33-15-12-29(5,28(33)35)24-6-8-25(9-7-24)37-18-22-16-20(3)30-21(4)17-22/h6-9,16-17,19,23,26,36H,10-15,18H2,1-5H3,(H,31,34). The van der Waals surface area contributed by atoms with Crippen LogP contribution in [-0.4, -0.2) is 63.5 Å². The van der Waals surface area contributed by atoms with Crippen LogP contribution in [0, 0.1) is 19.8 Å². The number of benzene rings is 1. The van der Waals surface area contributed by atoms with Crippen LogP contribution in [0.3, 0.4) is 0 Å². The van der Waals surface area contributed by atoms with Crippen molar-refractivity contribution < 1.29 is 19.5 Å². The molecule has 0 radical (unpaired) electrons. The fraction of sp³-hybridized carbons (Fsp3) is 0.552. The molecule has 37 heavy (non-hydrogen) atoms. The van der Waals surface area contributed by atoms with E-state index in [1.807, 2.05) is 62.6 Å². The lowest BCUT2D eigenvalue weighted by Gasteiger charge is -2.40. The van der Waals surface area contributed by atoms with Crippen molar-refractivity contribution in [3.05, 3.63) is 58.9 Å². The molecular formula is C29H40N4O4. The lowest BCUT2D eigenvalue weighted by molar-refractivity contribution is -0.147. The van der Waals surface area contributed by atoms with E-state index in [1.54, 1.807) is 4.90 Å². The molecule has 2 aliphatic rings. The van der Waals surface area contributed by atoms with E-state index in [9.17, 15) is 14.8 Å². The number of nitrogens with one attached hydrogen (secondary N) is 1. The predicted molar refractivity (Wildman–Crippen MR) is 141 cm³/mol. The maximum absolute atomic E-state index is 13.8. The van der Waals surface area contributed by atoms with Gasteiger partial charge in [0, 0.05) is 24.0 Å². The van der Waals surface area contributed by atoms with Gasteiger partial charge in [-0.25, -0.2) is 5.48 Å². The Labute approximate surface area is 220 Å². The topological polar surface area (TPSA) is 95.0 Å². The minimum atomic E-state index is -0.732. The highest BCUT2D eigenvalue weighted by Crippen LogP contribution is 2.39. The fourth-order valence-corrected chi connectivity index (χ4v) is 5.92. The molecule has 8 heteroatoms. The largest absolute Gasteiger partial charge is 0.489 e. The van der Waals surface area contributed by atoms with E-state index in [-0.39, 0.29) is 11.8 Å². The maximum Gasteiger partial charge on any atom is 0.266 e. The number of hydroxylamine groups is 1. The summed E-state index contributed by atoms with van der Waals surface area (Å²) in [5.74, 6) is 0.190. The smallest absolute Gasteiger partial charge is 0.266 e. The highest BCUT2D eigenvalue weighted by atomic mass is 16.5. The summed E-state index contributed by atoms with van der Waals surface area (Å²) in [5.41, 5.74) is 5.00. The number of ether oxygens (including phenoxy) is 1. The Morgan fingerprint density at radius 3 is 2.32 bits per heavy atom. The summed E-state index contributed by atoms with van der Waals surface area (Å²) in [6.07, 6.45) is 2.25. The highest BCUT2D eigenvalue weighted by molar-refractivity contribution is 5.94. The van der Waals surface area contributed by atoms with Gasteiger partial charge in [-0.05, 0) is 108 Å². The second kappa shape index (κ2) is 11.2. The SMILES string of the molecule is Cc1cc(COc2ccc(C3(C)CCN(C(C(=O)NO)C4CCN(C(C)C)CC4)C3=O)cc2)cc(C)n1. The zero-order chi connectivity index (χ0) is 26.7. The summed E-state index contributed by atoms with van der Waals surface area (Å²) < 4.78 is 5.98.